The van der Waals surface area contributed by atoms with Crippen molar-refractivity contribution < 1.29 is 9.72 Å². The molecule has 0 aliphatic rings. The number of carbonyl (C=O) groups excluding carboxylic acids is 1. The van der Waals surface area contributed by atoms with Gasteiger partial charge in [-0.15, -0.1) is 0 Å². The quantitative estimate of drug-likeness (QED) is 0.597. The number of nitro benzene ring substituents is 1. The van der Waals surface area contributed by atoms with Crippen molar-refractivity contribution >= 4 is 17.3 Å². The van der Waals surface area contributed by atoms with Gasteiger partial charge in [0.15, 0.2) is 0 Å². The van der Waals surface area contributed by atoms with Crippen LogP contribution < -0.4 is 10.6 Å². The highest BCUT2D eigenvalue weighted by Gasteiger charge is 2.10. The summed E-state index contributed by atoms with van der Waals surface area (Å²) in [6, 6.07) is 5.84. The molecule has 0 atom stereocenters. The first-order valence-electron chi connectivity index (χ1n) is 5.21. The van der Waals surface area contributed by atoms with Gasteiger partial charge in [0.05, 0.1) is 16.2 Å². The van der Waals surface area contributed by atoms with E-state index in [0.29, 0.717) is 12.2 Å². The average molecular weight is 248 g/mol. The van der Waals surface area contributed by atoms with E-state index >= 15 is 0 Å². The molecule has 1 rings (SSSR count). The number of hydrogen-bond donors (Lipinski definition) is 2. The SMILES string of the molecule is CNC(=O)CCNc1ccc([N+](=O)[O-])cc1C#N. The molecule has 7 nitrogen and oxygen atoms in total. The fraction of sp³-hybridized carbons (Fsp3) is 0.273. The van der Waals surface area contributed by atoms with Gasteiger partial charge in [-0.2, -0.15) is 5.26 Å². The largest absolute Gasteiger partial charge is 0.383 e. The van der Waals surface area contributed by atoms with Crippen LogP contribution >= 0.6 is 0 Å². The number of hydrogen-bond acceptors (Lipinski definition) is 5. The molecule has 1 amide bonds. The second-order valence-electron chi connectivity index (χ2n) is 3.45. The molecule has 0 fully saturated rings. The Bertz CT molecular complexity index is 508. The monoisotopic (exact) mass is 248 g/mol. The van der Waals surface area contributed by atoms with Crippen LogP contribution in [0.5, 0.6) is 0 Å². The molecular weight excluding hydrogens is 236 g/mol. The number of nitrogens with one attached hydrogen (secondary N) is 2. The van der Waals surface area contributed by atoms with E-state index in [1.807, 2.05) is 6.07 Å². The number of benzene rings is 1. The van der Waals surface area contributed by atoms with E-state index < -0.39 is 4.92 Å². The topological polar surface area (TPSA) is 108 Å². The van der Waals surface area contributed by atoms with Gasteiger partial charge in [-0.25, -0.2) is 0 Å². The molecule has 18 heavy (non-hydrogen) atoms. The van der Waals surface area contributed by atoms with E-state index in [0.717, 1.165) is 0 Å². The number of nitriles is 1. The number of nitrogens with zero attached hydrogens (tertiary/aromatic N) is 2. The molecule has 1 aromatic rings. The smallest absolute Gasteiger partial charge is 0.270 e. The fourth-order valence-corrected chi connectivity index (χ4v) is 1.33. The summed E-state index contributed by atoms with van der Waals surface area (Å²) in [4.78, 5) is 21.0. The van der Waals surface area contributed by atoms with Gasteiger partial charge in [0.2, 0.25) is 5.91 Å². The average Bonchev–Trinajstić information content (AvgIpc) is 2.38. The van der Waals surface area contributed by atoms with Crippen LogP contribution in [0.15, 0.2) is 18.2 Å². The zero-order valence-corrected chi connectivity index (χ0v) is 9.77. The zero-order chi connectivity index (χ0) is 13.5. The Labute approximate surface area is 104 Å². The van der Waals surface area contributed by atoms with Crippen LogP contribution in [0.25, 0.3) is 0 Å². The summed E-state index contributed by atoms with van der Waals surface area (Å²) in [5, 5.41) is 24.8. The van der Waals surface area contributed by atoms with Crippen LogP contribution in [-0.4, -0.2) is 24.4 Å². The molecule has 94 valence electrons. The fourth-order valence-electron chi connectivity index (χ4n) is 1.33. The molecule has 7 heteroatoms. The van der Waals surface area contributed by atoms with Crippen molar-refractivity contribution in [1.29, 1.82) is 5.26 Å². The number of non-ortho nitro benzene ring substituents is 1. The predicted molar refractivity (Wildman–Crippen MR) is 65.0 cm³/mol. The molecule has 1 aromatic carbocycles. The van der Waals surface area contributed by atoms with E-state index in [1.165, 1.54) is 25.2 Å². The minimum absolute atomic E-state index is 0.122. The summed E-state index contributed by atoms with van der Waals surface area (Å²) in [5.41, 5.74) is 0.525. The molecule has 0 saturated carbocycles. The Kier molecular flexibility index (Phi) is 4.63. The van der Waals surface area contributed by atoms with Crippen LogP contribution in [-0.2, 0) is 4.79 Å². The third-order valence-electron chi connectivity index (χ3n) is 2.28. The lowest BCUT2D eigenvalue weighted by Gasteiger charge is -2.07. The lowest BCUT2D eigenvalue weighted by atomic mass is 10.1. The van der Waals surface area contributed by atoms with Crippen molar-refractivity contribution in [3.63, 3.8) is 0 Å². The van der Waals surface area contributed by atoms with Gasteiger partial charge in [-0.1, -0.05) is 0 Å². The first kappa shape index (κ1) is 13.4. The zero-order valence-electron chi connectivity index (χ0n) is 9.77. The maximum Gasteiger partial charge on any atom is 0.270 e. The predicted octanol–water partition coefficient (Wildman–Crippen LogP) is 1.01. The third-order valence-corrected chi connectivity index (χ3v) is 2.28. The summed E-state index contributed by atoms with van der Waals surface area (Å²) >= 11 is 0. The Morgan fingerprint density at radius 2 is 2.28 bits per heavy atom. The normalized spacial score (nSPS) is 9.33. The van der Waals surface area contributed by atoms with Crippen molar-refractivity contribution in [3.05, 3.63) is 33.9 Å². The van der Waals surface area contributed by atoms with Gasteiger partial charge in [0.1, 0.15) is 6.07 Å². The van der Waals surface area contributed by atoms with E-state index in [2.05, 4.69) is 10.6 Å². The first-order chi connectivity index (χ1) is 8.58. The molecule has 2 N–H and O–H groups in total. The van der Waals surface area contributed by atoms with Crippen molar-refractivity contribution in [2.75, 3.05) is 18.9 Å². The Balaban J connectivity index is 2.75. The van der Waals surface area contributed by atoms with Gasteiger partial charge in [-0.3, -0.25) is 14.9 Å². The standard InChI is InChI=1S/C11H12N4O3/c1-13-11(16)4-5-14-10-3-2-9(15(17)18)6-8(10)7-12/h2-3,6,14H,4-5H2,1H3,(H,13,16). The van der Waals surface area contributed by atoms with Crippen LogP contribution in [0.2, 0.25) is 0 Å². The Hall–Kier alpha value is -2.62. The molecule has 0 radical (unpaired) electrons. The minimum atomic E-state index is -0.560. The van der Waals surface area contributed by atoms with Crippen LogP contribution in [0.1, 0.15) is 12.0 Å². The maximum atomic E-state index is 11.0. The molecule has 0 bridgehead atoms. The highest BCUT2D eigenvalue weighted by atomic mass is 16.6. The first-order valence-corrected chi connectivity index (χ1v) is 5.21. The number of rotatable bonds is 5. The summed E-state index contributed by atoms with van der Waals surface area (Å²) in [7, 11) is 1.54. The van der Waals surface area contributed by atoms with E-state index in [4.69, 9.17) is 5.26 Å². The molecule has 0 saturated heterocycles. The van der Waals surface area contributed by atoms with Crippen LogP contribution in [0.3, 0.4) is 0 Å². The van der Waals surface area contributed by atoms with E-state index in [1.54, 1.807) is 0 Å². The lowest BCUT2D eigenvalue weighted by molar-refractivity contribution is -0.384. The van der Waals surface area contributed by atoms with Gasteiger partial charge < -0.3 is 10.6 Å². The van der Waals surface area contributed by atoms with Crippen molar-refractivity contribution in [2.45, 2.75) is 6.42 Å². The number of anilines is 1. The molecule has 0 aromatic heterocycles. The third kappa shape index (κ3) is 3.45. The highest BCUT2D eigenvalue weighted by molar-refractivity contribution is 5.76. The lowest BCUT2D eigenvalue weighted by Crippen LogP contribution is -2.20. The van der Waals surface area contributed by atoms with Crippen molar-refractivity contribution in [3.8, 4) is 6.07 Å². The number of amides is 1. The van der Waals surface area contributed by atoms with Gasteiger partial charge in [0, 0.05) is 32.1 Å². The summed E-state index contributed by atoms with van der Waals surface area (Å²) in [6.07, 6.45) is 0.262. The number of carbonyl (C=O) groups is 1. The highest BCUT2D eigenvalue weighted by Crippen LogP contribution is 2.21. The molecule has 0 aliphatic carbocycles. The molecule has 0 heterocycles. The Morgan fingerprint density at radius 1 is 1.56 bits per heavy atom. The van der Waals surface area contributed by atoms with E-state index in [9.17, 15) is 14.9 Å². The second-order valence-corrected chi connectivity index (χ2v) is 3.45. The molecular formula is C11H12N4O3. The minimum Gasteiger partial charge on any atom is -0.383 e. The van der Waals surface area contributed by atoms with Gasteiger partial charge in [-0.05, 0) is 6.07 Å². The molecule has 0 spiro atoms. The van der Waals surface area contributed by atoms with Crippen LogP contribution in [0, 0.1) is 21.4 Å². The van der Waals surface area contributed by atoms with Crippen LogP contribution in [0.4, 0.5) is 11.4 Å². The number of nitro groups is 1. The van der Waals surface area contributed by atoms with Gasteiger partial charge in [0.25, 0.3) is 5.69 Å². The summed E-state index contributed by atoms with van der Waals surface area (Å²) in [5.74, 6) is -0.122. The van der Waals surface area contributed by atoms with Crippen molar-refractivity contribution in [2.24, 2.45) is 0 Å². The maximum absolute atomic E-state index is 11.0. The molecule has 0 unspecified atom stereocenters. The summed E-state index contributed by atoms with van der Waals surface area (Å²) in [6.45, 7) is 0.353. The molecule has 0 aliphatic heterocycles. The second kappa shape index (κ2) is 6.20. The summed E-state index contributed by atoms with van der Waals surface area (Å²) < 4.78 is 0. The van der Waals surface area contributed by atoms with E-state index in [-0.39, 0.29) is 23.6 Å². The van der Waals surface area contributed by atoms with Crippen molar-refractivity contribution in [1.82, 2.24) is 5.32 Å². The van der Waals surface area contributed by atoms with Gasteiger partial charge >= 0.3 is 0 Å². The Morgan fingerprint density at radius 3 is 2.83 bits per heavy atom.